The summed E-state index contributed by atoms with van der Waals surface area (Å²) in [6.07, 6.45) is 3.65. The van der Waals surface area contributed by atoms with Gasteiger partial charge >= 0.3 is 0 Å². The third-order valence-electron chi connectivity index (χ3n) is 2.53. The van der Waals surface area contributed by atoms with Gasteiger partial charge in [0.15, 0.2) is 5.16 Å². The lowest BCUT2D eigenvalue weighted by Crippen LogP contribution is -2.47. The standard InChI is InChI=1S/C13H23N3O2S/c1-12(2,3)16-7-6-14-11(16)19-8-10(18)15-13(4,5)9-17/h6-7,17H,8-9H2,1-5H3,(H,15,18). The third-order valence-corrected chi connectivity index (χ3v) is 3.50. The average molecular weight is 285 g/mol. The second-order valence-electron chi connectivity index (χ2n) is 6.13. The first-order valence-electron chi connectivity index (χ1n) is 6.24. The van der Waals surface area contributed by atoms with Gasteiger partial charge in [-0.3, -0.25) is 4.79 Å². The van der Waals surface area contributed by atoms with Crippen molar-refractivity contribution in [3.63, 3.8) is 0 Å². The zero-order chi connectivity index (χ0) is 14.7. The molecule has 0 aromatic carbocycles. The topological polar surface area (TPSA) is 67.2 Å². The molecule has 0 fully saturated rings. The highest BCUT2D eigenvalue weighted by Crippen LogP contribution is 2.23. The number of aromatic nitrogens is 2. The van der Waals surface area contributed by atoms with Gasteiger partial charge in [-0.05, 0) is 34.6 Å². The molecule has 0 saturated heterocycles. The smallest absolute Gasteiger partial charge is 0.230 e. The van der Waals surface area contributed by atoms with Gasteiger partial charge in [0.2, 0.25) is 5.91 Å². The van der Waals surface area contributed by atoms with Crippen molar-refractivity contribution in [2.24, 2.45) is 0 Å². The molecule has 6 heteroatoms. The molecule has 5 nitrogen and oxygen atoms in total. The van der Waals surface area contributed by atoms with Crippen LogP contribution >= 0.6 is 11.8 Å². The maximum atomic E-state index is 11.8. The highest BCUT2D eigenvalue weighted by Gasteiger charge is 2.21. The SMILES string of the molecule is CC(C)(CO)NC(=O)CSc1nccn1C(C)(C)C. The molecule has 1 aromatic rings. The molecule has 1 rings (SSSR count). The van der Waals surface area contributed by atoms with Crippen LogP contribution in [-0.2, 0) is 10.3 Å². The summed E-state index contributed by atoms with van der Waals surface area (Å²) < 4.78 is 2.04. The van der Waals surface area contributed by atoms with Crippen LogP contribution in [0.25, 0.3) is 0 Å². The number of imidazole rings is 1. The monoisotopic (exact) mass is 285 g/mol. The molecule has 1 aromatic heterocycles. The number of aliphatic hydroxyl groups excluding tert-OH is 1. The largest absolute Gasteiger partial charge is 0.394 e. The van der Waals surface area contributed by atoms with E-state index in [2.05, 4.69) is 31.1 Å². The van der Waals surface area contributed by atoms with E-state index in [4.69, 9.17) is 5.11 Å². The highest BCUT2D eigenvalue weighted by atomic mass is 32.2. The first kappa shape index (κ1) is 16.0. The van der Waals surface area contributed by atoms with Crippen molar-refractivity contribution in [1.29, 1.82) is 0 Å². The van der Waals surface area contributed by atoms with Crippen molar-refractivity contribution in [1.82, 2.24) is 14.9 Å². The van der Waals surface area contributed by atoms with Crippen LogP contribution in [0.1, 0.15) is 34.6 Å². The van der Waals surface area contributed by atoms with Crippen molar-refractivity contribution in [3.8, 4) is 0 Å². The molecule has 0 spiro atoms. The Kier molecular flexibility index (Phi) is 5.04. The van der Waals surface area contributed by atoms with Gasteiger partial charge in [0.05, 0.1) is 17.9 Å². The number of hydrogen-bond donors (Lipinski definition) is 2. The Morgan fingerprint density at radius 1 is 1.42 bits per heavy atom. The van der Waals surface area contributed by atoms with Crippen molar-refractivity contribution in [2.75, 3.05) is 12.4 Å². The number of aliphatic hydroxyl groups is 1. The average Bonchev–Trinajstić information content (AvgIpc) is 2.73. The number of rotatable bonds is 5. The Labute approximate surface area is 118 Å². The molecule has 108 valence electrons. The van der Waals surface area contributed by atoms with E-state index < -0.39 is 5.54 Å². The molecule has 0 bridgehead atoms. The Balaban J connectivity index is 2.59. The molecule has 0 atom stereocenters. The van der Waals surface area contributed by atoms with Gasteiger partial charge < -0.3 is 15.0 Å². The van der Waals surface area contributed by atoms with E-state index in [0.717, 1.165) is 5.16 Å². The Bertz CT molecular complexity index is 435. The number of carbonyl (C=O) groups is 1. The lowest BCUT2D eigenvalue weighted by Gasteiger charge is -2.24. The molecule has 0 aliphatic rings. The minimum atomic E-state index is -0.586. The fourth-order valence-corrected chi connectivity index (χ4v) is 2.43. The summed E-state index contributed by atoms with van der Waals surface area (Å²) >= 11 is 1.40. The Morgan fingerprint density at radius 2 is 2.05 bits per heavy atom. The first-order valence-corrected chi connectivity index (χ1v) is 7.23. The summed E-state index contributed by atoms with van der Waals surface area (Å²) in [6, 6.07) is 0. The van der Waals surface area contributed by atoms with E-state index in [0.29, 0.717) is 0 Å². The number of hydrogen-bond acceptors (Lipinski definition) is 4. The van der Waals surface area contributed by atoms with Crippen LogP contribution in [0.2, 0.25) is 0 Å². The van der Waals surface area contributed by atoms with Gasteiger partial charge in [0, 0.05) is 17.9 Å². The summed E-state index contributed by atoms with van der Waals surface area (Å²) in [4.78, 5) is 16.1. The fraction of sp³-hybridized carbons (Fsp3) is 0.692. The normalized spacial score (nSPS) is 12.5. The molecule has 1 heterocycles. The Morgan fingerprint density at radius 3 is 2.58 bits per heavy atom. The maximum absolute atomic E-state index is 11.8. The highest BCUT2D eigenvalue weighted by molar-refractivity contribution is 7.99. The van der Waals surface area contributed by atoms with Crippen molar-refractivity contribution < 1.29 is 9.90 Å². The summed E-state index contributed by atoms with van der Waals surface area (Å²) in [6.45, 7) is 9.76. The van der Waals surface area contributed by atoms with Crippen LogP contribution < -0.4 is 5.32 Å². The molecular weight excluding hydrogens is 262 g/mol. The van der Waals surface area contributed by atoms with E-state index in [1.165, 1.54) is 11.8 Å². The van der Waals surface area contributed by atoms with Crippen LogP contribution in [-0.4, -0.2) is 38.5 Å². The van der Waals surface area contributed by atoms with Crippen LogP contribution in [0.5, 0.6) is 0 Å². The van der Waals surface area contributed by atoms with E-state index in [1.54, 1.807) is 20.0 Å². The summed E-state index contributed by atoms with van der Waals surface area (Å²) in [5.41, 5.74) is -0.642. The zero-order valence-electron chi connectivity index (χ0n) is 12.2. The number of nitrogens with one attached hydrogen (secondary N) is 1. The van der Waals surface area contributed by atoms with Crippen molar-refractivity contribution in [2.45, 2.75) is 50.9 Å². The molecule has 19 heavy (non-hydrogen) atoms. The van der Waals surface area contributed by atoms with Crippen LogP contribution in [0.15, 0.2) is 17.6 Å². The van der Waals surface area contributed by atoms with Gasteiger partial charge in [-0.1, -0.05) is 11.8 Å². The van der Waals surface area contributed by atoms with Crippen LogP contribution in [0, 0.1) is 0 Å². The molecule has 0 radical (unpaired) electrons. The second-order valence-corrected chi connectivity index (χ2v) is 7.07. The molecule has 0 unspecified atom stereocenters. The predicted octanol–water partition coefficient (Wildman–Crippen LogP) is 1.62. The minimum absolute atomic E-state index is 0.0559. The Hall–Kier alpha value is -1.01. The van der Waals surface area contributed by atoms with Gasteiger partial charge in [-0.2, -0.15) is 0 Å². The van der Waals surface area contributed by atoms with E-state index in [1.807, 2.05) is 10.8 Å². The van der Waals surface area contributed by atoms with E-state index in [9.17, 15) is 4.79 Å². The number of carbonyl (C=O) groups excluding carboxylic acids is 1. The predicted molar refractivity (Wildman–Crippen MR) is 77.3 cm³/mol. The third kappa shape index (κ3) is 4.87. The van der Waals surface area contributed by atoms with Crippen molar-refractivity contribution >= 4 is 17.7 Å². The lowest BCUT2D eigenvalue weighted by molar-refractivity contribution is -0.120. The first-order chi connectivity index (χ1) is 8.65. The van der Waals surface area contributed by atoms with E-state index >= 15 is 0 Å². The summed E-state index contributed by atoms with van der Waals surface area (Å²) in [5.74, 6) is 0.184. The quantitative estimate of drug-likeness (QED) is 0.807. The molecule has 0 saturated carbocycles. The van der Waals surface area contributed by atoms with E-state index in [-0.39, 0.29) is 23.8 Å². The second kappa shape index (κ2) is 5.96. The summed E-state index contributed by atoms with van der Waals surface area (Å²) in [7, 11) is 0. The van der Waals surface area contributed by atoms with Gasteiger partial charge in [-0.25, -0.2) is 4.98 Å². The molecule has 0 aliphatic carbocycles. The lowest BCUT2D eigenvalue weighted by atomic mass is 10.1. The maximum Gasteiger partial charge on any atom is 0.230 e. The minimum Gasteiger partial charge on any atom is -0.394 e. The molecule has 1 amide bonds. The molecule has 2 N–H and O–H groups in total. The van der Waals surface area contributed by atoms with Gasteiger partial charge in [-0.15, -0.1) is 0 Å². The van der Waals surface area contributed by atoms with Gasteiger partial charge in [0.25, 0.3) is 0 Å². The number of thioether (sulfide) groups is 1. The van der Waals surface area contributed by atoms with Gasteiger partial charge in [0.1, 0.15) is 0 Å². The molecule has 0 aliphatic heterocycles. The fourth-order valence-electron chi connectivity index (χ4n) is 1.49. The zero-order valence-corrected chi connectivity index (χ0v) is 13.0. The summed E-state index contributed by atoms with van der Waals surface area (Å²) in [5, 5.41) is 12.7. The van der Waals surface area contributed by atoms with Crippen LogP contribution in [0.3, 0.4) is 0 Å². The number of amides is 1. The molecular formula is C13H23N3O2S. The van der Waals surface area contributed by atoms with Crippen molar-refractivity contribution in [3.05, 3.63) is 12.4 Å². The number of nitrogens with zero attached hydrogens (tertiary/aromatic N) is 2. The van der Waals surface area contributed by atoms with Crippen LogP contribution in [0.4, 0.5) is 0 Å².